The van der Waals surface area contributed by atoms with E-state index in [9.17, 15) is 9.90 Å². The van der Waals surface area contributed by atoms with Crippen molar-refractivity contribution in [3.05, 3.63) is 0 Å². The van der Waals surface area contributed by atoms with Crippen molar-refractivity contribution in [2.45, 2.75) is 38.1 Å². The topological polar surface area (TPSA) is 64.2 Å². The van der Waals surface area contributed by atoms with Gasteiger partial charge in [-0.2, -0.15) is 0 Å². The molecule has 0 saturated heterocycles. The van der Waals surface area contributed by atoms with E-state index in [2.05, 4.69) is 10.9 Å². The zero-order valence-electron chi connectivity index (χ0n) is 9.45. The molecule has 0 heterocycles. The fraction of sp³-hybridized carbons (Fsp3) is 0.917. The first-order valence-corrected chi connectivity index (χ1v) is 6.40. The van der Waals surface area contributed by atoms with Crippen LogP contribution < -0.4 is 16.0 Å². The molecule has 0 aromatic carbocycles. The van der Waals surface area contributed by atoms with Crippen LogP contribution in [0.5, 0.6) is 0 Å². The molecule has 4 nitrogen and oxygen atoms in total. The van der Waals surface area contributed by atoms with Crippen molar-refractivity contribution in [3.8, 4) is 0 Å². The predicted octanol–water partition coefficient (Wildman–Crippen LogP) is -0.345. The molecule has 0 unspecified atom stereocenters. The van der Waals surface area contributed by atoms with E-state index in [-0.39, 0.29) is 6.54 Å². The zero-order valence-corrected chi connectivity index (χ0v) is 9.45. The summed E-state index contributed by atoms with van der Waals surface area (Å²) < 4.78 is 0. The molecule has 0 aromatic heterocycles. The molecule has 4 rings (SSSR count). The highest BCUT2D eigenvalue weighted by Gasteiger charge is 2.47. The summed E-state index contributed by atoms with van der Waals surface area (Å²) in [5.74, 6) is 2.41. The van der Waals surface area contributed by atoms with E-state index in [0.717, 1.165) is 23.7 Å². The number of aliphatic carboxylic acids is 1. The van der Waals surface area contributed by atoms with E-state index in [0.29, 0.717) is 6.04 Å². The van der Waals surface area contributed by atoms with Crippen molar-refractivity contribution in [2.75, 3.05) is 6.54 Å². The minimum atomic E-state index is -1.05. The Balaban J connectivity index is 1.57. The second-order valence-corrected chi connectivity index (χ2v) is 5.83. The van der Waals surface area contributed by atoms with Crippen LogP contribution >= 0.6 is 0 Å². The largest absolute Gasteiger partial charge is 0.549 e. The SMILES string of the molecule is O=C([O-])CNNC1C2CC3CC(C2)CC1C3. The second kappa shape index (κ2) is 4.00. The van der Waals surface area contributed by atoms with Crippen LogP contribution in [0.15, 0.2) is 0 Å². The smallest absolute Gasteiger partial charge is 0.0566 e. The van der Waals surface area contributed by atoms with Crippen LogP contribution in [-0.4, -0.2) is 18.6 Å². The fourth-order valence-corrected chi connectivity index (χ4v) is 4.40. The van der Waals surface area contributed by atoms with Gasteiger partial charge in [-0.05, 0) is 55.8 Å². The van der Waals surface area contributed by atoms with E-state index in [1.165, 1.54) is 32.1 Å². The molecule has 4 fully saturated rings. The summed E-state index contributed by atoms with van der Waals surface area (Å²) in [6.07, 6.45) is 6.83. The third-order valence-corrected chi connectivity index (χ3v) is 4.73. The first kappa shape index (κ1) is 10.5. The van der Waals surface area contributed by atoms with Gasteiger partial charge in [0, 0.05) is 12.6 Å². The minimum absolute atomic E-state index is 0.0944. The Morgan fingerprint density at radius 2 is 1.62 bits per heavy atom. The molecule has 4 heteroatoms. The average molecular weight is 223 g/mol. The lowest BCUT2D eigenvalue weighted by molar-refractivity contribution is -0.304. The van der Waals surface area contributed by atoms with Crippen molar-refractivity contribution < 1.29 is 9.90 Å². The highest BCUT2D eigenvalue weighted by Crippen LogP contribution is 2.53. The van der Waals surface area contributed by atoms with E-state index < -0.39 is 5.97 Å². The van der Waals surface area contributed by atoms with E-state index >= 15 is 0 Å². The maximum atomic E-state index is 10.3. The van der Waals surface area contributed by atoms with Gasteiger partial charge in [0.05, 0.1) is 5.97 Å². The van der Waals surface area contributed by atoms with Crippen LogP contribution in [0.3, 0.4) is 0 Å². The molecule has 0 radical (unpaired) electrons. The molecular weight excluding hydrogens is 204 g/mol. The third-order valence-electron chi connectivity index (χ3n) is 4.73. The summed E-state index contributed by atoms with van der Waals surface area (Å²) in [5.41, 5.74) is 6.03. The van der Waals surface area contributed by atoms with Gasteiger partial charge in [0.25, 0.3) is 0 Å². The van der Waals surface area contributed by atoms with Crippen LogP contribution in [0.1, 0.15) is 32.1 Å². The summed E-state index contributed by atoms with van der Waals surface area (Å²) in [6.45, 7) is -0.0944. The van der Waals surface area contributed by atoms with Crippen LogP contribution in [0.4, 0.5) is 0 Å². The van der Waals surface area contributed by atoms with Crippen molar-refractivity contribution in [3.63, 3.8) is 0 Å². The molecule has 2 N–H and O–H groups in total. The molecule has 0 aromatic rings. The summed E-state index contributed by atoms with van der Waals surface area (Å²) in [5, 5.41) is 10.3. The second-order valence-electron chi connectivity index (χ2n) is 5.83. The van der Waals surface area contributed by atoms with Gasteiger partial charge in [0.1, 0.15) is 0 Å². The summed E-state index contributed by atoms with van der Waals surface area (Å²) in [6, 6.07) is 0.493. The maximum absolute atomic E-state index is 10.3. The molecule has 0 amide bonds. The van der Waals surface area contributed by atoms with Crippen molar-refractivity contribution >= 4 is 5.97 Å². The van der Waals surface area contributed by atoms with Crippen LogP contribution in [0.2, 0.25) is 0 Å². The van der Waals surface area contributed by atoms with Crippen molar-refractivity contribution in [2.24, 2.45) is 23.7 Å². The molecule has 4 aliphatic carbocycles. The van der Waals surface area contributed by atoms with Gasteiger partial charge >= 0.3 is 0 Å². The van der Waals surface area contributed by atoms with Crippen LogP contribution in [-0.2, 0) is 4.79 Å². The van der Waals surface area contributed by atoms with Gasteiger partial charge in [0.2, 0.25) is 0 Å². The van der Waals surface area contributed by atoms with Crippen molar-refractivity contribution in [1.82, 2.24) is 10.9 Å². The molecule has 90 valence electrons. The van der Waals surface area contributed by atoms with Gasteiger partial charge in [0.15, 0.2) is 0 Å². The zero-order chi connectivity index (χ0) is 11.1. The number of rotatable bonds is 4. The number of carbonyl (C=O) groups is 1. The van der Waals surface area contributed by atoms with E-state index in [1.807, 2.05) is 0 Å². The van der Waals surface area contributed by atoms with Gasteiger partial charge in [-0.15, -0.1) is 0 Å². The highest BCUT2D eigenvalue weighted by molar-refractivity contribution is 5.66. The Labute approximate surface area is 95.8 Å². The van der Waals surface area contributed by atoms with E-state index in [4.69, 9.17) is 0 Å². The fourth-order valence-electron chi connectivity index (χ4n) is 4.40. The minimum Gasteiger partial charge on any atom is -0.549 e. The summed E-state index contributed by atoms with van der Waals surface area (Å²) in [7, 11) is 0. The van der Waals surface area contributed by atoms with Gasteiger partial charge < -0.3 is 9.90 Å². The molecule has 0 atom stereocenters. The first-order valence-electron chi connectivity index (χ1n) is 6.40. The summed E-state index contributed by atoms with van der Waals surface area (Å²) >= 11 is 0. The van der Waals surface area contributed by atoms with Crippen molar-refractivity contribution in [1.29, 1.82) is 0 Å². The Morgan fingerprint density at radius 1 is 1.06 bits per heavy atom. The quantitative estimate of drug-likeness (QED) is 0.640. The Hall–Kier alpha value is -0.610. The Kier molecular flexibility index (Phi) is 2.64. The normalized spacial score (nSPS) is 44.9. The molecule has 4 aliphatic rings. The molecule has 0 aliphatic heterocycles. The molecule has 4 bridgehead atoms. The number of carboxylic acids is 1. The van der Waals surface area contributed by atoms with Crippen LogP contribution in [0.25, 0.3) is 0 Å². The number of hydrazine groups is 1. The summed E-state index contributed by atoms with van der Waals surface area (Å²) in [4.78, 5) is 10.3. The lowest BCUT2D eigenvalue weighted by atomic mass is 9.54. The van der Waals surface area contributed by atoms with Crippen LogP contribution in [0, 0.1) is 23.7 Å². The number of hydrogen-bond acceptors (Lipinski definition) is 4. The van der Waals surface area contributed by atoms with Gasteiger partial charge in [-0.3, -0.25) is 10.9 Å². The van der Waals surface area contributed by atoms with Gasteiger partial charge in [-0.25, -0.2) is 0 Å². The average Bonchev–Trinajstić information content (AvgIpc) is 2.20. The van der Waals surface area contributed by atoms with E-state index in [1.54, 1.807) is 0 Å². The number of nitrogens with one attached hydrogen (secondary N) is 2. The molecule has 0 spiro atoms. The lowest BCUT2D eigenvalue weighted by Gasteiger charge is -2.54. The lowest BCUT2D eigenvalue weighted by Crippen LogP contribution is -2.58. The predicted molar refractivity (Wildman–Crippen MR) is 57.0 cm³/mol. The molecular formula is C12H19N2O2-. The number of hydrogen-bond donors (Lipinski definition) is 2. The third kappa shape index (κ3) is 1.84. The first-order chi connectivity index (χ1) is 7.72. The Bertz CT molecular complexity index is 265. The monoisotopic (exact) mass is 223 g/mol. The maximum Gasteiger partial charge on any atom is 0.0566 e. The van der Waals surface area contributed by atoms with Gasteiger partial charge in [-0.1, -0.05) is 0 Å². The Morgan fingerprint density at radius 3 is 2.12 bits per heavy atom. The number of carbonyl (C=O) groups excluding carboxylic acids is 1. The number of carboxylic acid groups (broad SMARTS) is 1. The molecule has 4 saturated carbocycles. The highest BCUT2D eigenvalue weighted by atomic mass is 16.4. The standard InChI is InChI=1S/C12H20N2O2/c15-11(16)6-13-14-12-9-2-7-1-8(4-9)5-10(12)3-7/h7-10,12-14H,1-6H2,(H,15,16)/p-1. The molecule has 16 heavy (non-hydrogen) atoms.